The Labute approximate surface area is 130 Å². The second-order valence-electron chi connectivity index (χ2n) is 4.54. The average molecular weight is 356 g/mol. The van der Waals surface area contributed by atoms with E-state index < -0.39 is 11.9 Å². The van der Waals surface area contributed by atoms with Crippen molar-refractivity contribution in [2.75, 3.05) is 31.1 Å². The molecule has 1 heterocycles. The number of piperazine rings is 1. The summed E-state index contributed by atoms with van der Waals surface area (Å²) < 4.78 is 19.6. The van der Waals surface area contributed by atoms with Crippen LogP contribution in [0.5, 0.6) is 0 Å². The number of anilines is 1. The minimum atomic E-state index is -0.576. The highest BCUT2D eigenvalue weighted by Gasteiger charge is 2.32. The highest BCUT2D eigenvalue weighted by molar-refractivity contribution is 9.10. The zero-order valence-electron chi connectivity index (χ0n) is 11.5. The highest BCUT2D eigenvalue weighted by atomic mass is 79.9. The summed E-state index contributed by atoms with van der Waals surface area (Å²) in [7, 11) is 0. The number of carbonyl (C=O) groups excluding carboxylic acids is 1. The van der Waals surface area contributed by atoms with E-state index in [1.54, 1.807) is 11.8 Å². The molecule has 0 bridgehead atoms. The number of nitriles is 1. The van der Waals surface area contributed by atoms with Gasteiger partial charge in [-0.2, -0.15) is 5.26 Å². The van der Waals surface area contributed by atoms with Crippen LogP contribution in [0, 0.1) is 17.1 Å². The van der Waals surface area contributed by atoms with Crippen molar-refractivity contribution < 1.29 is 13.9 Å². The van der Waals surface area contributed by atoms with Crippen LogP contribution in [0.3, 0.4) is 0 Å². The van der Waals surface area contributed by atoms with Crippen molar-refractivity contribution in [3.05, 3.63) is 28.0 Å². The van der Waals surface area contributed by atoms with Gasteiger partial charge in [-0.3, -0.25) is 0 Å². The summed E-state index contributed by atoms with van der Waals surface area (Å²) in [6.45, 7) is 3.54. The first-order valence-corrected chi connectivity index (χ1v) is 7.41. The predicted molar refractivity (Wildman–Crippen MR) is 79.5 cm³/mol. The monoisotopic (exact) mass is 355 g/mol. The average Bonchev–Trinajstić information content (AvgIpc) is 2.50. The van der Waals surface area contributed by atoms with Crippen LogP contribution in [0.4, 0.5) is 10.1 Å². The molecule has 0 radical (unpaired) electrons. The molecule has 1 unspecified atom stereocenters. The summed E-state index contributed by atoms with van der Waals surface area (Å²) in [5.74, 6) is -0.921. The molecule has 1 N–H and O–H groups in total. The molecule has 0 amide bonds. The Morgan fingerprint density at radius 2 is 2.43 bits per heavy atom. The van der Waals surface area contributed by atoms with Gasteiger partial charge in [0.1, 0.15) is 12.1 Å². The number of halogens is 2. The van der Waals surface area contributed by atoms with E-state index in [0.29, 0.717) is 25.3 Å². The summed E-state index contributed by atoms with van der Waals surface area (Å²) in [6.07, 6.45) is 0. The maximum atomic E-state index is 14.4. The fourth-order valence-corrected chi connectivity index (χ4v) is 2.71. The molecule has 1 fully saturated rings. The number of nitrogens with one attached hydrogen (secondary N) is 1. The van der Waals surface area contributed by atoms with Crippen LogP contribution in [0.25, 0.3) is 0 Å². The molecule has 1 aromatic carbocycles. The molecule has 5 nitrogen and oxygen atoms in total. The first kappa shape index (κ1) is 15.7. The van der Waals surface area contributed by atoms with E-state index in [1.165, 1.54) is 12.1 Å². The number of hydrogen-bond donors (Lipinski definition) is 1. The molecule has 1 atom stereocenters. The fraction of sp³-hybridized carbons (Fsp3) is 0.429. The predicted octanol–water partition coefficient (Wildman–Crippen LogP) is 1.80. The van der Waals surface area contributed by atoms with Gasteiger partial charge in [0.2, 0.25) is 0 Å². The van der Waals surface area contributed by atoms with Crippen LogP contribution in [0.1, 0.15) is 12.5 Å². The lowest BCUT2D eigenvalue weighted by Gasteiger charge is -2.36. The number of nitrogens with zero attached hydrogens (tertiary/aromatic N) is 2. The molecule has 1 aromatic rings. The number of esters is 1. The molecule has 7 heteroatoms. The number of hydrogen-bond acceptors (Lipinski definition) is 5. The van der Waals surface area contributed by atoms with E-state index in [0.717, 1.165) is 0 Å². The Morgan fingerprint density at radius 1 is 1.67 bits per heavy atom. The van der Waals surface area contributed by atoms with Crippen molar-refractivity contribution in [1.82, 2.24) is 5.32 Å². The SMILES string of the molecule is CCOC(=O)C1CNCCN1c1ccc(C#N)c(Br)c1F. The molecule has 0 spiro atoms. The summed E-state index contributed by atoms with van der Waals surface area (Å²) in [4.78, 5) is 13.7. The van der Waals surface area contributed by atoms with E-state index in [2.05, 4.69) is 21.2 Å². The van der Waals surface area contributed by atoms with Gasteiger partial charge in [-0.25, -0.2) is 9.18 Å². The highest BCUT2D eigenvalue weighted by Crippen LogP contribution is 2.30. The van der Waals surface area contributed by atoms with Gasteiger partial charge < -0.3 is 15.0 Å². The van der Waals surface area contributed by atoms with Crippen LogP contribution in [0.15, 0.2) is 16.6 Å². The summed E-state index contributed by atoms with van der Waals surface area (Å²) in [6, 6.07) is 4.39. The van der Waals surface area contributed by atoms with Crippen molar-refractivity contribution in [2.45, 2.75) is 13.0 Å². The second-order valence-corrected chi connectivity index (χ2v) is 5.33. The lowest BCUT2D eigenvalue weighted by Crippen LogP contribution is -2.56. The minimum Gasteiger partial charge on any atom is -0.464 e. The maximum Gasteiger partial charge on any atom is 0.330 e. The van der Waals surface area contributed by atoms with E-state index in [1.807, 2.05) is 6.07 Å². The second kappa shape index (κ2) is 6.87. The Bertz CT molecular complexity index is 588. The van der Waals surface area contributed by atoms with Gasteiger partial charge in [-0.15, -0.1) is 0 Å². The Morgan fingerprint density at radius 3 is 3.10 bits per heavy atom. The van der Waals surface area contributed by atoms with Crippen molar-refractivity contribution in [3.63, 3.8) is 0 Å². The van der Waals surface area contributed by atoms with Gasteiger partial charge in [-0.1, -0.05) is 0 Å². The van der Waals surface area contributed by atoms with Crippen LogP contribution < -0.4 is 10.2 Å². The standard InChI is InChI=1S/C14H15BrFN3O2/c1-2-21-14(20)11-8-18-5-6-19(11)10-4-3-9(7-17)12(15)13(10)16/h3-4,11,18H,2,5-6,8H2,1H3. The smallest absolute Gasteiger partial charge is 0.330 e. The van der Waals surface area contributed by atoms with Crippen LogP contribution in [-0.2, 0) is 9.53 Å². The lowest BCUT2D eigenvalue weighted by atomic mass is 10.1. The molecular weight excluding hydrogens is 341 g/mol. The number of carbonyl (C=O) groups is 1. The lowest BCUT2D eigenvalue weighted by molar-refractivity contribution is -0.144. The van der Waals surface area contributed by atoms with Gasteiger partial charge in [0.25, 0.3) is 0 Å². The third kappa shape index (κ3) is 3.17. The largest absolute Gasteiger partial charge is 0.464 e. The number of ether oxygens (including phenoxy) is 1. The molecule has 0 aromatic heterocycles. The molecule has 1 aliphatic heterocycles. The van der Waals surface area contributed by atoms with Gasteiger partial charge in [-0.05, 0) is 35.0 Å². The van der Waals surface area contributed by atoms with Crippen LogP contribution >= 0.6 is 15.9 Å². The Hall–Kier alpha value is -1.65. The molecule has 0 saturated carbocycles. The fourth-order valence-electron chi connectivity index (χ4n) is 2.29. The summed E-state index contributed by atoms with van der Waals surface area (Å²) >= 11 is 3.09. The Balaban J connectivity index is 2.36. The third-order valence-corrected chi connectivity index (χ3v) is 4.07. The van der Waals surface area contributed by atoms with Crippen molar-refractivity contribution in [3.8, 4) is 6.07 Å². The zero-order valence-corrected chi connectivity index (χ0v) is 13.1. The maximum absolute atomic E-state index is 14.4. The first-order chi connectivity index (χ1) is 10.1. The van der Waals surface area contributed by atoms with Gasteiger partial charge in [0.15, 0.2) is 5.82 Å². The minimum absolute atomic E-state index is 0.114. The van der Waals surface area contributed by atoms with Crippen molar-refractivity contribution >= 4 is 27.6 Å². The third-order valence-electron chi connectivity index (χ3n) is 3.29. The summed E-state index contributed by atoms with van der Waals surface area (Å²) in [5, 5.41) is 12.0. The molecule has 1 aliphatic rings. The first-order valence-electron chi connectivity index (χ1n) is 6.62. The van der Waals surface area contributed by atoms with Crippen LogP contribution in [-0.4, -0.2) is 38.3 Å². The molecule has 21 heavy (non-hydrogen) atoms. The molecule has 112 valence electrons. The van der Waals surface area contributed by atoms with E-state index in [-0.39, 0.29) is 22.6 Å². The molecule has 0 aliphatic carbocycles. The zero-order chi connectivity index (χ0) is 15.4. The van der Waals surface area contributed by atoms with Crippen molar-refractivity contribution in [2.24, 2.45) is 0 Å². The van der Waals surface area contributed by atoms with Gasteiger partial charge in [0, 0.05) is 19.6 Å². The number of benzene rings is 1. The molecule has 2 rings (SSSR count). The van der Waals surface area contributed by atoms with Crippen LogP contribution in [0.2, 0.25) is 0 Å². The van der Waals surface area contributed by atoms with E-state index >= 15 is 0 Å². The number of rotatable bonds is 3. The molecular formula is C14H15BrFN3O2. The quantitative estimate of drug-likeness (QED) is 0.837. The summed E-state index contributed by atoms with van der Waals surface area (Å²) in [5.41, 5.74) is 0.513. The van der Waals surface area contributed by atoms with Gasteiger partial charge >= 0.3 is 5.97 Å². The topological polar surface area (TPSA) is 65.4 Å². The van der Waals surface area contributed by atoms with Gasteiger partial charge in [0.05, 0.1) is 22.3 Å². The van der Waals surface area contributed by atoms with E-state index in [4.69, 9.17) is 10.00 Å². The normalized spacial score (nSPS) is 18.2. The molecule has 1 saturated heterocycles. The Kier molecular flexibility index (Phi) is 5.15. The van der Waals surface area contributed by atoms with E-state index in [9.17, 15) is 9.18 Å². The van der Waals surface area contributed by atoms with Crippen molar-refractivity contribution in [1.29, 1.82) is 5.26 Å².